The maximum Gasteiger partial charge on any atom is 0.0718 e. The van der Waals surface area contributed by atoms with Crippen LogP contribution in [0.3, 0.4) is 0 Å². The van der Waals surface area contributed by atoms with Crippen LogP contribution < -0.4 is 10.4 Å². The fraction of sp³-hybridized carbons (Fsp3) is 0.176. The standard InChI is InChI=1S/C34H36Si3/c1-35(2,33-17-15-29-19-25-11-7-9-13-27(25)21-31(29)23-33)37(5,6)36(3,4)34-18-16-30-20-26-12-8-10-14-28(26)22-32(30)24-34/h7-24H,1-6H3. The van der Waals surface area contributed by atoms with Crippen molar-refractivity contribution in [3.8, 4) is 0 Å². The van der Waals surface area contributed by atoms with Gasteiger partial charge in [0.15, 0.2) is 0 Å². The quantitative estimate of drug-likeness (QED) is 0.159. The summed E-state index contributed by atoms with van der Waals surface area (Å²) in [5.41, 5.74) is 0. The predicted octanol–water partition coefficient (Wildman–Crippen LogP) is 8.70. The van der Waals surface area contributed by atoms with Crippen molar-refractivity contribution >= 4 is 75.8 Å². The lowest BCUT2D eigenvalue weighted by Gasteiger charge is -2.49. The molecule has 0 aliphatic rings. The summed E-state index contributed by atoms with van der Waals surface area (Å²) >= 11 is 0. The van der Waals surface area contributed by atoms with Gasteiger partial charge in [0.2, 0.25) is 0 Å². The van der Waals surface area contributed by atoms with E-state index < -0.39 is 22.3 Å². The Kier molecular flexibility index (Phi) is 5.61. The van der Waals surface area contributed by atoms with Crippen molar-refractivity contribution in [2.75, 3.05) is 0 Å². The van der Waals surface area contributed by atoms with Crippen LogP contribution in [-0.4, -0.2) is 22.3 Å². The summed E-state index contributed by atoms with van der Waals surface area (Å²) in [6, 6.07) is 41.7. The number of hydrogen-bond acceptors (Lipinski definition) is 0. The molecule has 37 heavy (non-hydrogen) atoms. The summed E-state index contributed by atoms with van der Waals surface area (Å²) in [7, 11) is -5.09. The Labute approximate surface area is 223 Å². The minimum Gasteiger partial charge on any atom is -0.0725 e. The third kappa shape index (κ3) is 3.83. The maximum absolute atomic E-state index is 2.71. The van der Waals surface area contributed by atoms with E-state index in [0.29, 0.717) is 0 Å². The van der Waals surface area contributed by atoms with E-state index in [4.69, 9.17) is 0 Å². The van der Waals surface area contributed by atoms with Gasteiger partial charge in [0.25, 0.3) is 0 Å². The minimum absolute atomic E-state index is 1.33. The first-order valence-corrected chi connectivity index (χ1v) is 24.4. The Morgan fingerprint density at radius 2 is 0.622 bits per heavy atom. The van der Waals surface area contributed by atoms with Crippen molar-refractivity contribution in [2.24, 2.45) is 0 Å². The van der Waals surface area contributed by atoms with E-state index in [1.54, 1.807) is 10.4 Å². The highest BCUT2D eigenvalue weighted by Crippen LogP contribution is 2.32. The van der Waals surface area contributed by atoms with E-state index in [0.717, 1.165) is 0 Å². The van der Waals surface area contributed by atoms with Gasteiger partial charge >= 0.3 is 0 Å². The molecule has 0 aliphatic heterocycles. The van der Waals surface area contributed by atoms with Crippen molar-refractivity contribution in [3.05, 3.63) is 109 Å². The van der Waals surface area contributed by atoms with Crippen molar-refractivity contribution < 1.29 is 0 Å². The third-order valence-corrected chi connectivity index (χ3v) is 51.5. The van der Waals surface area contributed by atoms with Gasteiger partial charge in [-0.15, -0.1) is 0 Å². The lowest BCUT2D eigenvalue weighted by Crippen LogP contribution is -2.78. The van der Waals surface area contributed by atoms with Crippen LogP contribution in [0.15, 0.2) is 109 Å². The van der Waals surface area contributed by atoms with E-state index in [1.165, 1.54) is 43.1 Å². The van der Waals surface area contributed by atoms with Gasteiger partial charge in [-0.25, -0.2) is 0 Å². The third-order valence-electron chi connectivity index (χ3n) is 9.98. The second-order valence-corrected chi connectivity index (χ2v) is 39.8. The van der Waals surface area contributed by atoms with E-state index in [2.05, 4.69) is 148 Å². The number of rotatable bonds is 4. The second-order valence-electron chi connectivity index (χ2n) is 12.4. The summed E-state index contributed by atoms with van der Waals surface area (Å²) < 4.78 is 0. The molecule has 0 aliphatic carbocycles. The van der Waals surface area contributed by atoms with Gasteiger partial charge in [0.1, 0.15) is 0 Å². The van der Waals surface area contributed by atoms with Crippen LogP contribution in [-0.2, 0) is 0 Å². The van der Waals surface area contributed by atoms with E-state index in [9.17, 15) is 0 Å². The average molecular weight is 529 g/mol. The van der Waals surface area contributed by atoms with Crippen molar-refractivity contribution in [1.29, 1.82) is 0 Å². The Morgan fingerprint density at radius 3 is 0.973 bits per heavy atom. The summed E-state index contributed by atoms with van der Waals surface area (Å²) in [4.78, 5) is 0. The average Bonchev–Trinajstić information content (AvgIpc) is 2.89. The molecular weight excluding hydrogens is 493 g/mol. The molecule has 3 heteroatoms. The maximum atomic E-state index is 2.71. The topological polar surface area (TPSA) is 0 Å². The molecule has 6 rings (SSSR count). The highest BCUT2D eigenvalue weighted by molar-refractivity contribution is 7.73. The zero-order valence-electron chi connectivity index (χ0n) is 22.9. The monoisotopic (exact) mass is 528 g/mol. The molecule has 6 aromatic rings. The Hall–Kier alpha value is -2.99. The Balaban J connectivity index is 1.43. The Morgan fingerprint density at radius 1 is 0.324 bits per heavy atom. The summed E-state index contributed by atoms with van der Waals surface area (Å²) in [5.74, 6) is 0. The van der Waals surface area contributed by atoms with E-state index in [1.807, 2.05) is 0 Å². The smallest absolute Gasteiger partial charge is 0.0718 e. The normalized spacial score (nSPS) is 13.1. The van der Waals surface area contributed by atoms with Gasteiger partial charge in [0, 0.05) is 7.11 Å². The SMILES string of the molecule is C[Si](C)(c1ccc2cc3ccccc3cc2c1)[Si](C)(C)[Si](C)(C)c1ccc2cc3ccccc3cc2c1. The zero-order chi connectivity index (χ0) is 26.0. The summed E-state index contributed by atoms with van der Waals surface area (Å²) in [6.45, 7) is 16.0. The van der Waals surface area contributed by atoms with Crippen LogP contribution in [0.5, 0.6) is 0 Å². The molecule has 0 aromatic heterocycles. The predicted molar refractivity (Wildman–Crippen MR) is 175 cm³/mol. The Bertz CT molecular complexity index is 1680. The molecule has 0 saturated heterocycles. The molecule has 0 fully saturated rings. The van der Waals surface area contributed by atoms with Crippen molar-refractivity contribution in [3.63, 3.8) is 0 Å². The lowest BCUT2D eigenvalue weighted by atomic mass is 10.0. The molecule has 6 aromatic carbocycles. The first-order valence-electron chi connectivity index (χ1n) is 13.4. The van der Waals surface area contributed by atoms with Gasteiger partial charge in [0.05, 0.1) is 15.2 Å². The molecule has 0 spiro atoms. The van der Waals surface area contributed by atoms with Crippen LogP contribution in [0, 0.1) is 0 Å². The highest BCUT2D eigenvalue weighted by atomic mass is 29.6. The van der Waals surface area contributed by atoms with Gasteiger partial charge in [-0.1, -0.05) is 135 Å². The molecule has 184 valence electrons. The zero-order valence-corrected chi connectivity index (χ0v) is 25.9. The molecule has 0 saturated carbocycles. The van der Waals surface area contributed by atoms with Crippen LogP contribution in [0.4, 0.5) is 0 Å². The van der Waals surface area contributed by atoms with Crippen LogP contribution in [0.1, 0.15) is 0 Å². The molecule has 0 unspecified atom stereocenters. The van der Waals surface area contributed by atoms with Gasteiger partial charge < -0.3 is 0 Å². The summed E-state index contributed by atoms with van der Waals surface area (Å²) in [6.07, 6.45) is 0. The van der Waals surface area contributed by atoms with Crippen molar-refractivity contribution in [1.82, 2.24) is 0 Å². The molecule has 0 amide bonds. The number of hydrogen-bond donors (Lipinski definition) is 0. The molecule has 0 nitrogen and oxygen atoms in total. The molecule has 0 N–H and O–H groups in total. The van der Waals surface area contributed by atoms with Gasteiger partial charge in [-0.05, 0) is 67.4 Å². The fourth-order valence-electron chi connectivity index (χ4n) is 6.16. The first-order chi connectivity index (χ1) is 17.6. The fourth-order valence-corrected chi connectivity index (χ4v) is 37.8. The molecule has 0 atom stereocenters. The van der Waals surface area contributed by atoms with Crippen LogP contribution in [0.2, 0.25) is 39.3 Å². The molecule has 0 radical (unpaired) electrons. The minimum atomic E-state index is -1.72. The second kappa shape index (κ2) is 8.52. The van der Waals surface area contributed by atoms with Crippen LogP contribution >= 0.6 is 0 Å². The highest BCUT2D eigenvalue weighted by Gasteiger charge is 2.53. The number of benzene rings is 6. The lowest BCUT2D eigenvalue weighted by molar-refractivity contribution is 1.72. The summed E-state index contributed by atoms with van der Waals surface area (Å²) in [5, 5.41) is 14.0. The molecular formula is C34H36Si3. The first kappa shape index (κ1) is 24.4. The number of fused-ring (bicyclic) bond motifs is 4. The molecule has 0 bridgehead atoms. The largest absolute Gasteiger partial charge is 0.0725 e. The molecule has 0 heterocycles. The van der Waals surface area contributed by atoms with Gasteiger partial charge in [-0.2, -0.15) is 0 Å². The van der Waals surface area contributed by atoms with E-state index >= 15 is 0 Å². The van der Waals surface area contributed by atoms with Gasteiger partial charge in [-0.3, -0.25) is 0 Å². The van der Waals surface area contributed by atoms with E-state index in [-0.39, 0.29) is 0 Å². The van der Waals surface area contributed by atoms with Crippen LogP contribution in [0.25, 0.3) is 43.1 Å². The van der Waals surface area contributed by atoms with Crippen molar-refractivity contribution in [2.45, 2.75) is 39.3 Å².